The lowest BCUT2D eigenvalue weighted by atomic mass is 10.2. The molecule has 0 radical (unpaired) electrons. The van der Waals surface area contributed by atoms with Gasteiger partial charge in [0, 0.05) is 11.1 Å². The first kappa shape index (κ1) is 13.0. The molecule has 0 aliphatic heterocycles. The Morgan fingerprint density at radius 1 is 1.39 bits per heavy atom. The lowest BCUT2D eigenvalue weighted by Gasteiger charge is -2.03. The van der Waals surface area contributed by atoms with Crippen molar-refractivity contribution in [2.24, 2.45) is 0 Å². The maximum atomic E-state index is 13.6. The zero-order chi connectivity index (χ0) is 13.1. The molecule has 0 amide bonds. The van der Waals surface area contributed by atoms with Crippen molar-refractivity contribution in [3.05, 3.63) is 34.9 Å². The van der Waals surface area contributed by atoms with Crippen LogP contribution in [0.5, 0.6) is 0 Å². The van der Waals surface area contributed by atoms with Crippen LogP contribution in [0.1, 0.15) is 19.7 Å². The van der Waals surface area contributed by atoms with Crippen molar-refractivity contribution >= 4 is 11.6 Å². The van der Waals surface area contributed by atoms with Crippen LogP contribution in [0.25, 0.3) is 11.5 Å². The summed E-state index contributed by atoms with van der Waals surface area (Å²) in [4.78, 5) is 0. The molecule has 2 rings (SSSR count). The Kier molecular flexibility index (Phi) is 3.93. The van der Waals surface area contributed by atoms with Crippen molar-refractivity contribution in [1.82, 2.24) is 15.5 Å². The van der Waals surface area contributed by atoms with Crippen LogP contribution >= 0.6 is 11.6 Å². The van der Waals surface area contributed by atoms with Crippen LogP contribution < -0.4 is 5.32 Å². The summed E-state index contributed by atoms with van der Waals surface area (Å²) in [6, 6.07) is 4.51. The van der Waals surface area contributed by atoms with Crippen LogP contribution in [-0.4, -0.2) is 16.2 Å². The van der Waals surface area contributed by atoms with Crippen LogP contribution in [0.15, 0.2) is 22.6 Å². The van der Waals surface area contributed by atoms with E-state index in [0.717, 1.165) is 0 Å². The molecule has 0 bridgehead atoms. The quantitative estimate of drug-likeness (QED) is 0.927. The maximum absolute atomic E-state index is 13.6. The van der Waals surface area contributed by atoms with Crippen molar-refractivity contribution in [2.45, 2.75) is 26.4 Å². The van der Waals surface area contributed by atoms with E-state index in [9.17, 15) is 4.39 Å². The summed E-state index contributed by atoms with van der Waals surface area (Å²) in [7, 11) is 0. The van der Waals surface area contributed by atoms with Gasteiger partial charge in [-0.15, -0.1) is 10.2 Å². The van der Waals surface area contributed by atoms with E-state index in [2.05, 4.69) is 15.5 Å². The molecule has 96 valence electrons. The van der Waals surface area contributed by atoms with Gasteiger partial charge in [0.25, 0.3) is 5.89 Å². The van der Waals surface area contributed by atoms with Gasteiger partial charge >= 0.3 is 0 Å². The van der Waals surface area contributed by atoms with Gasteiger partial charge < -0.3 is 9.73 Å². The van der Waals surface area contributed by atoms with Gasteiger partial charge in [-0.1, -0.05) is 25.4 Å². The highest BCUT2D eigenvalue weighted by atomic mass is 35.5. The lowest BCUT2D eigenvalue weighted by molar-refractivity contribution is 0.457. The summed E-state index contributed by atoms with van der Waals surface area (Å²) in [6.07, 6.45) is 0. The van der Waals surface area contributed by atoms with E-state index in [1.54, 1.807) is 0 Å². The number of rotatable bonds is 4. The molecule has 0 saturated carbocycles. The monoisotopic (exact) mass is 269 g/mol. The van der Waals surface area contributed by atoms with Crippen LogP contribution in [0.4, 0.5) is 4.39 Å². The fourth-order valence-corrected chi connectivity index (χ4v) is 1.56. The Morgan fingerprint density at radius 3 is 2.89 bits per heavy atom. The molecule has 0 atom stereocenters. The van der Waals surface area contributed by atoms with Crippen LogP contribution in [0.3, 0.4) is 0 Å². The van der Waals surface area contributed by atoms with E-state index in [4.69, 9.17) is 16.0 Å². The van der Waals surface area contributed by atoms with Crippen molar-refractivity contribution in [3.63, 3.8) is 0 Å². The van der Waals surface area contributed by atoms with Gasteiger partial charge in [0.1, 0.15) is 5.82 Å². The number of hydrogen-bond acceptors (Lipinski definition) is 4. The zero-order valence-electron chi connectivity index (χ0n) is 10.1. The molecule has 0 saturated heterocycles. The van der Waals surface area contributed by atoms with Gasteiger partial charge in [-0.2, -0.15) is 0 Å². The van der Waals surface area contributed by atoms with Gasteiger partial charge in [-0.25, -0.2) is 4.39 Å². The standard InChI is InChI=1S/C12H13ClFN3O/c1-7(2)15-6-11-16-17-12(18-11)9-5-8(13)3-4-10(9)14/h3-5,7,15H,6H2,1-2H3. The van der Waals surface area contributed by atoms with Crippen molar-refractivity contribution in [1.29, 1.82) is 0 Å². The molecular weight excluding hydrogens is 257 g/mol. The molecular formula is C12H13ClFN3O. The molecule has 1 N–H and O–H groups in total. The molecule has 4 nitrogen and oxygen atoms in total. The largest absolute Gasteiger partial charge is 0.419 e. The Bertz CT molecular complexity index is 542. The number of aromatic nitrogens is 2. The van der Waals surface area contributed by atoms with E-state index < -0.39 is 5.82 Å². The van der Waals surface area contributed by atoms with Gasteiger partial charge in [-0.3, -0.25) is 0 Å². The van der Waals surface area contributed by atoms with Crippen molar-refractivity contribution < 1.29 is 8.81 Å². The third-order valence-corrected chi connectivity index (χ3v) is 2.52. The third-order valence-electron chi connectivity index (χ3n) is 2.29. The predicted molar refractivity (Wildman–Crippen MR) is 66.7 cm³/mol. The number of hydrogen-bond donors (Lipinski definition) is 1. The molecule has 0 aliphatic rings. The second-order valence-electron chi connectivity index (χ2n) is 4.16. The smallest absolute Gasteiger partial charge is 0.250 e. The highest BCUT2D eigenvalue weighted by Crippen LogP contribution is 2.24. The minimum absolute atomic E-state index is 0.135. The highest BCUT2D eigenvalue weighted by molar-refractivity contribution is 6.30. The Labute approximate surface area is 109 Å². The third kappa shape index (κ3) is 3.05. The van der Waals surface area contributed by atoms with Gasteiger partial charge in [0.2, 0.25) is 5.89 Å². The van der Waals surface area contributed by atoms with Gasteiger partial charge in [0.05, 0.1) is 12.1 Å². The first-order valence-electron chi connectivity index (χ1n) is 5.57. The summed E-state index contributed by atoms with van der Waals surface area (Å²) in [5.74, 6) is 0.111. The van der Waals surface area contributed by atoms with Crippen LogP contribution in [-0.2, 0) is 6.54 Å². The van der Waals surface area contributed by atoms with Crippen molar-refractivity contribution in [3.8, 4) is 11.5 Å². The SMILES string of the molecule is CC(C)NCc1nnc(-c2cc(Cl)ccc2F)o1. The summed E-state index contributed by atoms with van der Waals surface area (Å²) in [5, 5.41) is 11.2. The van der Waals surface area contributed by atoms with E-state index >= 15 is 0 Å². The minimum Gasteiger partial charge on any atom is -0.419 e. The molecule has 0 fully saturated rings. The molecule has 1 aromatic carbocycles. The first-order valence-corrected chi connectivity index (χ1v) is 5.95. The summed E-state index contributed by atoms with van der Waals surface area (Å²) < 4.78 is 18.9. The van der Waals surface area contributed by atoms with Gasteiger partial charge in [-0.05, 0) is 18.2 Å². The normalized spacial score (nSPS) is 11.2. The average molecular weight is 270 g/mol. The molecule has 6 heteroatoms. The fourth-order valence-electron chi connectivity index (χ4n) is 1.39. The number of halogens is 2. The molecule has 0 aliphatic carbocycles. The molecule has 2 aromatic rings. The highest BCUT2D eigenvalue weighted by Gasteiger charge is 2.13. The predicted octanol–water partition coefficient (Wildman–Crippen LogP) is 3.03. The Balaban J connectivity index is 2.21. The number of nitrogens with one attached hydrogen (secondary N) is 1. The topological polar surface area (TPSA) is 51.0 Å². The number of benzene rings is 1. The van der Waals surface area contributed by atoms with E-state index in [1.165, 1.54) is 18.2 Å². The molecule has 1 heterocycles. The maximum Gasteiger partial charge on any atom is 0.250 e. The summed E-state index contributed by atoms with van der Waals surface area (Å²) in [6.45, 7) is 4.47. The molecule has 1 aromatic heterocycles. The average Bonchev–Trinajstić information content (AvgIpc) is 2.78. The van der Waals surface area contributed by atoms with E-state index in [1.807, 2.05) is 13.8 Å². The number of nitrogens with zero attached hydrogens (tertiary/aromatic N) is 2. The zero-order valence-corrected chi connectivity index (χ0v) is 10.8. The minimum atomic E-state index is -0.439. The van der Waals surface area contributed by atoms with Gasteiger partial charge in [0.15, 0.2) is 0 Å². The van der Waals surface area contributed by atoms with Crippen LogP contribution in [0.2, 0.25) is 5.02 Å². The van der Waals surface area contributed by atoms with E-state index in [-0.39, 0.29) is 11.5 Å². The van der Waals surface area contributed by atoms with E-state index in [0.29, 0.717) is 23.5 Å². The Morgan fingerprint density at radius 2 is 2.17 bits per heavy atom. The van der Waals surface area contributed by atoms with Crippen molar-refractivity contribution in [2.75, 3.05) is 0 Å². The molecule has 18 heavy (non-hydrogen) atoms. The lowest BCUT2D eigenvalue weighted by Crippen LogP contribution is -2.21. The molecule has 0 spiro atoms. The van der Waals surface area contributed by atoms with Crippen LogP contribution in [0, 0.1) is 5.82 Å². The summed E-state index contributed by atoms with van der Waals surface area (Å²) in [5.41, 5.74) is 0.214. The second kappa shape index (κ2) is 5.46. The first-order chi connectivity index (χ1) is 8.56. The fraction of sp³-hybridized carbons (Fsp3) is 0.333. The second-order valence-corrected chi connectivity index (χ2v) is 4.60. The summed E-state index contributed by atoms with van der Waals surface area (Å²) >= 11 is 5.81. The molecule has 0 unspecified atom stereocenters. The Hall–Kier alpha value is -1.46.